The van der Waals surface area contributed by atoms with E-state index in [1.165, 1.54) is 0 Å². The number of aliphatic hydroxyl groups is 1. The molecule has 0 fully saturated rings. The molecule has 18 heavy (non-hydrogen) atoms. The largest absolute Gasteiger partial charge is 0.390 e. The van der Waals surface area contributed by atoms with Crippen LogP contribution in [-0.4, -0.2) is 23.6 Å². The molecule has 0 amide bonds. The Kier molecular flexibility index (Phi) is 6.02. The summed E-state index contributed by atoms with van der Waals surface area (Å²) in [6, 6.07) is 9.77. The Morgan fingerprint density at radius 2 is 1.83 bits per heavy atom. The number of rotatable bonds is 7. The third-order valence-electron chi connectivity index (χ3n) is 3.00. The van der Waals surface area contributed by atoms with Gasteiger partial charge in [-0.15, -0.1) is 0 Å². The summed E-state index contributed by atoms with van der Waals surface area (Å²) in [5.41, 5.74) is 1.06. The van der Waals surface area contributed by atoms with Crippen LogP contribution in [0.2, 0.25) is 0 Å². The van der Waals surface area contributed by atoms with Gasteiger partial charge in [-0.1, -0.05) is 51.1 Å². The number of ether oxygens (including phenoxy) is 1. The molecule has 3 nitrogen and oxygen atoms in total. The molecule has 0 aliphatic carbocycles. The summed E-state index contributed by atoms with van der Waals surface area (Å²) in [5.74, 6) is -0.352. The van der Waals surface area contributed by atoms with E-state index < -0.39 is 6.10 Å². The molecule has 0 aliphatic heterocycles. The molecule has 0 radical (unpaired) electrons. The lowest BCUT2D eigenvalue weighted by Gasteiger charge is -2.19. The zero-order valence-corrected chi connectivity index (χ0v) is 11.3. The van der Waals surface area contributed by atoms with Crippen molar-refractivity contribution in [3.8, 4) is 0 Å². The topological polar surface area (TPSA) is 46.5 Å². The number of benzene rings is 1. The van der Waals surface area contributed by atoms with E-state index in [2.05, 4.69) is 0 Å². The first kappa shape index (κ1) is 14.9. The predicted molar refractivity (Wildman–Crippen MR) is 71.1 cm³/mol. The van der Waals surface area contributed by atoms with E-state index in [1.807, 2.05) is 44.2 Å². The average Bonchev–Trinajstić information content (AvgIpc) is 2.38. The molecule has 100 valence electrons. The summed E-state index contributed by atoms with van der Waals surface area (Å²) in [7, 11) is 0. The van der Waals surface area contributed by atoms with Crippen molar-refractivity contribution < 1.29 is 14.6 Å². The number of carbonyl (C=O) groups is 1. The van der Waals surface area contributed by atoms with Crippen LogP contribution in [0.3, 0.4) is 0 Å². The Balaban J connectivity index is 2.33. The van der Waals surface area contributed by atoms with Crippen molar-refractivity contribution in [2.45, 2.75) is 33.5 Å². The molecule has 1 N–H and O–H groups in total. The molecule has 1 rings (SSSR count). The standard InChI is InChI=1S/C15H22O3/c1-11(2)15(17)12(3)14(16)10-18-9-13-7-5-4-6-8-13/h4-8,11-12,14,16H,9-10H2,1-3H3/t12-,14+/m1/s1. The van der Waals surface area contributed by atoms with Crippen molar-refractivity contribution in [3.63, 3.8) is 0 Å². The highest BCUT2D eigenvalue weighted by atomic mass is 16.5. The molecule has 0 saturated heterocycles. The quantitative estimate of drug-likeness (QED) is 0.808. The van der Waals surface area contributed by atoms with Crippen LogP contribution in [0.15, 0.2) is 30.3 Å². The van der Waals surface area contributed by atoms with E-state index in [4.69, 9.17) is 4.74 Å². The summed E-state index contributed by atoms with van der Waals surface area (Å²) < 4.78 is 5.43. The molecular formula is C15H22O3. The lowest BCUT2D eigenvalue weighted by atomic mass is 9.92. The third-order valence-corrected chi connectivity index (χ3v) is 3.00. The molecule has 0 unspecified atom stereocenters. The summed E-state index contributed by atoms with van der Waals surface area (Å²) in [6.45, 7) is 6.08. The van der Waals surface area contributed by atoms with Gasteiger partial charge in [-0.2, -0.15) is 0 Å². The molecule has 1 aromatic rings. The number of hydrogen-bond donors (Lipinski definition) is 1. The van der Waals surface area contributed by atoms with Gasteiger partial charge in [-0.3, -0.25) is 4.79 Å². The number of carbonyl (C=O) groups excluding carboxylic acids is 1. The van der Waals surface area contributed by atoms with Gasteiger partial charge < -0.3 is 9.84 Å². The smallest absolute Gasteiger partial charge is 0.140 e. The molecule has 0 heterocycles. The van der Waals surface area contributed by atoms with Crippen LogP contribution in [-0.2, 0) is 16.1 Å². The van der Waals surface area contributed by atoms with E-state index in [9.17, 15) is 9.90 Å². The maximum atomic E-state index is 11.7. The van der Waals surface area contributed by atoms with Gasteiger partial charge in [0, 0.05) is 11.8 Å². The monoisotopic (exact) mass is 250 g/mol. The van der Waals surface area contributed by atoms with Crippen molar-refractivity contribution in [2.75, 3.05) is 6.61 Å². The van der Waals surface area contributed by atoms with Crippen LogP contribution in [0.1, 0.15) is 26.3 Å². The number of hydrogen-bond acceptors (Lipinski definition) is 3. The second-order valence-corrected chi connectivity index (χ2v) is 4.91. The lowest BCUT2D eigenvalue weighted by molar-refractivity contribution is -0.130. The predicted octanol–water partition coefficient (Wildman–Crippen LogP) is 2.43. The molecule has 1 aromatic carbocycles. The Morgan fingerprint density at radius 3 is 2.39 bits per heavy atom. The Morgan fingerprint density at radius 1 is 1.22 bits per heavy atom. The molecule has 2 atom stereocenters. The van der Waals surface area contributed by atoms with Gasteiger partial charge in [-0.05, 0) is 5.56 Å². The molecule has 0 bridgehead atoms. The molecule has 0 spiro atoms. The van der Waals surface area contributed by atoms with E-state index >= 15 is 0 Å². The van der Waals surface area contributed by atoms with Crippen molar-refractivity contribution in [3.05, 3.63) is 35.9 Å². The van der Waals surface area contributed by atoms with Crippen LogP contribution >= 0.6 is 0 Å². The number of Topliss-reactive ketones (excluding diaryl/α,β-unsaturated/α-hetero) is 1. The summed E-state index contributed by atoms with van der Waals surface area (Å²) in [6.07, 6.45) is -0.733. The van der Waals surface area contributed by atoms with Crippen LogP contribution in [0.5, 0.6) is 0 Å². The fraction of sp³-hybridized carbons (Fsp3) is 0.533. The first-order valence-electron chi connectivity index (χ1n) is 6.35. The van der Waals surface area contributed by atoms with E-state index in [1.54, 1.807) is 6.92 Å². The molecule has 0 aliphatic rings. The van der Waals surface area contributed by atoms with Gasteiger partial charge in [0.05, 0.1) is 19.3 Å². The van der Waals surface area contributed by atoms with Gasteiger partial charge in [-0.25, -0.2) is 0 Å². The van der Waals surface area contributed by atoms with Gasteiger partial charge in [0.15, 0.2) is 0 Å². The second kappa shape index (κ2) is 7.29. The van der Waals surface area contributed by atoms with E-state index in [0.717, 1.165) is 5.56 Å². The molecule has 0 saturated carbocycles. The zero-order chi connectivity index (χ0) is 13.5. The normalized spacial score (nSPS) is 14.5. The Bertz CT molecular complexity index is 359. The van der Waals surface area contributed by atoms with Crippen LogP contribution in [0, 0.1) is 11.8 Å². The minimum Gasteiger partial charge on any atom is -0.390 e. The van der Waals surface area contributed by atoms with Crippen LogP contribution < -0.4 is 0 Å². The maximum Gasteiger partial charge on any atom is 0.140 e. The Labute approximate surface area is 109 Å². The highest BCUT2D eigenvalue weighted by Crippen LogP contribution is 2.12. The van der Waals surface area contributed by atoms with Crippen molar-refractivity contribution >= 4 is 5.78 Å². The molecule has 3 heteroatoms. The summed E-state index contributed by atoms with van der Waals surface area (Å²) in [4.78, 5) is 11.7. The SMILES string of the molecule is CC(C)C(=O)[C@H](C)[C@@H](O)COCc1ccccc1. The Hall–Kier alpha value is -1.19. The van der Waals surface area contributed by atoms with Gasteiger partial charge in [0.2, 0.25) is 0 Å². The third kappa shape index (κ3) is 4.59. The van der Waals surface area contributed by atoms with Crippen LogP contribution in [0.25, 0.3) is 0 Å². The first-order valence-corrected chi connectivity index (χ1v) is 6.35. The minimum atomic E-state index is -0.733. The highest BCUT2D eigenvalue weighted by Gasteiger charge is 2.23. The molecule has 0 aromatic heterocycles. The fourth-order valence-electron chi connectivity index (χ4n) is 1.73. The highest BCUT2D eigenvalue weighted by molar-refractivity contribution is 5.82. The van der Waals surface area contributed by atoms with Crippen molar-refractivity contribution in [2.24, 2.45) is 11.8 Å². The lowest BCUT2D eigenvalue weighted by Crippen LogP contribution is -2.32. The van der Waals surface area contributed by atoms with E-state index in [-0.39, 0.29) is 24.2 Å². The zero-order valence-electron chi connectivity index (χ0n) is 11.3. The van der Waals surface area contributed by atoms with Gasteiger partial charge in [0.1, 0.15) is 5.78 Å². The molecular weight excluding hydrogens is 228 g/mol. The fourth-order valence-corrected chi connectivity index (χ4v) is 1.73. The van der Waals surface area contributed by atoms with E-state index in [0.29, 0.717) is 6.61 Å². The van der Waals surface area contributed by atoms with Crippen molar-refractivity contribution in [1.29, 1.82) is 0 Å². The summed E-state index contributed by atoms with van der Waals surface area (Å²) >= 11 is 0. The van der Waals surface area contributed by atoms with Crippen molar-refractivity contribution in [1.82, 2.24) is 0 Å². The average molecular weight is 250 g/mol. The van der Waals surface area contributed by atoms with Gasteiger partial charge >= 0.3 is 0 Å². The summed E-state index contributed by atoms with van der Waals surface area (Å²) in [5, 5.41) is 9.87. The number of ketones is 1. The second-order valence-electron chi connectivity index (χ2n) is 4.91. The number of aliphatic hydroxyl groups excluding tert-OH is 1. The maximum absolute atomic E-state index is 11.7. The van der Waals surface area contributed by atoms with Crippen LogP contribution in [0.4, 0.5) is 0 Å². The minimum absolute atomic E-state index is 0.0521. The first-order chi connectivity index (χ1) is 8.52. The van der Waals surface area contributed by atoms with Gasteiger partial charge in [0.25, 0.3) is 0 Å².